The van der Waals surface area contributed by atoms with Gasteiger partial charge in [0.25, 0.3) is 0 Å². The maximum Gasteiger partial charge on any atom is 0.331 e. The van der Waals surface area contributed by atoms with Gasteiger partial charge in [-0.1, -0.05) is 20.8 Å². The van der Waals surface area contributed by atoms with Crippen LogP contribution in [-0.4, -0.2) is 28.8 Å². The van der Waals surface area contributed by atoms with Gasteiger partial charge in [-0.05, 0) is 44.4 Å². The molecule has 2 rings (SSSR count). The fraction of sp³-hybridized carbons (Fsp3) is 0.800. The lowest BCUT2D eigenvalue weighted by atomic mass is 9.77. The number of barbiturate groups is 1. The Morgan fingerprint density at radius 1 is 1.10 bits per heavy atom. The third-order valence-corrected chi connectivity index (χ3v) is 5.06. The first-order chi connectivity index (χ1) is 9.46. The van der Waals surface area contributed by atoms with E-state index < -0.39 is 17.4 Å². The standard InChI is InChI=1S/C15H24N2O3/c1-4-15(5-2)12(18)16-14(20)17(13(15)19)11-8-6-10(3)7-9-11/h10-11H,4-9H2,1-3H3,(H,16,18,20). The molecule has 1 heterocycles. The largest absolute Gasteiger partial charge is 0.331 e. The number of amides is 4. The predicted molar refractivity (Wildman–Crippen MR) is 74.8 cm³/mol. The van der Waals surface area contributed by atoms with E-state index in [2.05, 4.69) is 12.2 Å². The minimum atomic E-state index is -1.06. The zero-order chi connectivity index (χ0) is 14.9. The molecule has 5 heteroatoms. The van der Waals surface area contributed by atoms with Crippen LogP contribution in [-0.2, 0) is 9.59 Å². The third kappa shape index (κ3) is 2.23. The number of rotatable bonds is 3. The van der Waals surface area contributed by atoms with Crippen molar-refractivity contribution < 1.29 is 14.4 Å². The van der Waals surface area contributed by atoms with Gasteiger partial charge in [0, 0.05) is 6.04 Å². The molecule has 1 aliphatic carbocycles. The maximum atomic E-state index is 12.8. The number of hydrogen-bond donors (Lipinski definition) is 1. The highest BCUT2D eigenvalue weighted by atomic mass is 16.2. The second kappa shape index (κ2) is 5.54. The van der Waals surface area contributed by atoms with Gasteiger partial charge in [0.15, 0.2) is 0 Å². The normalized spacial score (nSPS) is 30.4. The Morgan fingerprint density at radius 3 is 2.15 bits per heavy atom. The zero-order valence-corrected chi connectivity index (χ0v) is 12.6. The van der Waals surface area contributed by atoms with Crippen molar-refractivity contribution in [2.45, 2.75) is 65.3 Å². The van der Waals surface area contributed by atoms with E-state index in [1.165, 1.54) is 4.90 Å². The van der Waals surface area contributed by atoms with Gasteiger partial charge in [0.05, 0.1) is 0 Å². The van der Waals surface area contributed by atoms with Crippen molar-refractivity contribution in [3.8, 4) is 0 Å². The number of nitrogens with one attached hydrogen (secondary N) is 1. The summed E-state index contributed by atoms with van der Waals surface area (Å²) in [5, 5.41) is 2.39. The van der Waals surface area contributed by atoms with Gasteiger partial charge in [-0.25, -0.2) is 4.79 Å². The summed E-state index contributed by atoms with van der Waals surface area (Å²) in [5.41, 5.74) is -1.06. The highest BCUT2D eigenvalue weighted by Crippen LogP contribution is 2.36. The highest BCUT2D eigenvalue weighted by molar-refractivity contribution is 6.19. The van der Waals surface area contributed by atoms with E-state index in [4.69, 9.17) is 0 Å². The topological polar surface area (TPSA) is 66.5 Å². The summed E-state index contributed by atoms with van der Waals surface area (Å²) < 4.78 is 0. The lowest BCUT2D eigenvalue weighted by molar-refractivity contribution is -0.154. The molecule has 2 aliphatic rings. The maximum absolute atomic E-state index is 12.8. The van der Waals surface area contributed by atoms with E-state index in [0.29, 0.717) is 18.8 Å². The quantitative estimate of drug-likeness (QED) is 0.807. The van der Waals surface area contributed by atoms with Gasteiger partial charge in [0.2, 0.25) is 11.8 Å². The van der Waals surface area contributed by atoms with Crippen molar-refractivity contribution in [1.82, 2.24) is 10.2 Å². The molecule has 0 aromatic heterocycles. The van der Waals surface area contributed by atoms with Crippen LogP contribution in [0.4, 0.5) is 4.79 Å². The molecular weight excluding hydrogens is 256 g/mol. The number of carbonyl (C=O) groups excluding carboxylic acids is 3. The SMILES string of the molecule is CCC1(CC)C(=O)NC(=O)N(C2CCC(C)CC2)C1=O. The Labute approximate surface area is 120 Å². The summed E-state index contributed by atoms with van der Waals surface area (Å²) >= 11 is 0. The molecule has 0 aromatic carbocycles. The van der Waals surface area contributed by atoms with Crippen LogP contribution >= 0.6 is 0 Å². The van der Waals surface area contributed by atoms with Crippen molar-refractivity contribution in [2.24, 2.45) is 11.3 Å². The van der Waals surface area contributed by atoms with Crippen molar-refractivity contribution in [3.63, 3.8) is 0 Å². The van der Waals surface area contributed by atoms with Gasteiger partial charge >= 0.3 is 6.03 Å². The average molecular weight is 280 g/mol. The van der Waals surface area contributed by atoms with Gasteiger partial charge in [-0.15, -0.1) is 0 Å². The third-order valence-electron chi connectivity index (χ3n) is 5.06. The molecule has 4 amide bonds. The van der Waals surface area contributed by atoms with Crippen LogP contribution in [0.1, 0.15) is 59.3 Å². The molecule has 112 valence electrons. The minimum Gasteiger partial charge on any atom is -0.277 e. The first-order valence-corrected chi connectivity index (χ1v) is 7.65. The summed E-state index contributed by atoms with van der Waals surface area (Å²) in [7, 11) is 0. The predicted octanol–water partition coefficient (Wildman–Crippen LogP) is 2.45. The summed E-state index contributed by atoms with van der Waals surface area (Å²) in [6.45, 7) is 5.86. The number of urea groups is 1. The van der Waals surface area contributed by atoms with Crippen LogP contribution in [0, 0.1) is 11.3 Å². The molecule has 1 saturated heterocycles. The van der Waals surface area contributed by atoms with Crippen molar-refractivity contribution in [2.75, 3.05) is 0 Å². The Hall–Kier alpha value is -1.39. The molecule has 5 nitrogen and oxygen atoms in total. The summed E-state index contributed by atoms with van der Waals surface area (Å²) in [5.74, 6) is -0.0772. The van der Waals surface area contributed by atoms with Crippen LogP contribution < -0.4 is 5.32 Å². The lowest BCUT2D eigenvalue weighted by Gasteiger charge is -2.43. The van der Waals surface area contributed by atoms with Crippen molar-refractivity contribution >= 4 is 17.8 Å². The van der Waals surface area contributed by atoms with E-state index in [1.807, 2.05) is 13.8 Å². The zero-order valence-electron chi connectivity index (χ0n) is 12.6. The Balaban J connectivity index is 2.26. The Morgan fingerprint density at radius 2 is 1.65 bits per heavy atom. The average Bonchev–Trinajstić information content (AvgIpc) is 2.42. The first-order valence-electron chi connectivity index (χ1n) is 7.65. The Bertz CT molecular complexity index is 421. The van der Waals surface area contributed by atoms with E-state index in [-0.39, 0.29) is 11.9 Å². The van der Waals surface area contributed by atoms with Gasteiger partial charge in [-0.2, -0.15) is 0 Å². The van der Waals surface area contributed by atoms with Crippen LogP contribution in [0.2, 0.25) is 0 Å². The number of carbonyl (C=O) groups is 3. The summed E-state index contributed by atoms with van der Waals surface area (Å²) in [6, 6.07) is -0.582. The number of imide groups is 2. The molecule has 0 aromatic rings. The fourth-order valence-electron chi connectivity index (χ4n) is 3.40. The Kier molecular flexibility index (Phi) is 4.16. The van der Waals surface area contributed by atoms with E-state index in [0.717, 1.165) is 25.7 Å². The molecule has 0 unspecified atom stereocenters. The second-order valence-corrected chi connectivity index (χ2v) is 6.14. The number of nitrogens with zero attached hydrogens (tertiary/aromatic N) is 1. The highest BCUT2D eigenvalue weighted by Gasteiger charge is 2.53. The monoisotopic (exact) mass is 280 g/mol. The second-order valence-electron chi connectivity index (χ2n) is 6.14. The first kappa shape index (κ1) is 15.0. The van der Waals surface area contributed by atoms with E-state index >= 15 is 0 Å². The smallest absolute Gasteiger partial charge is 0.277 e. The van der Waals surface area contributed by atoms with Crippen LogP contribution in [0.5, 0.6) is 0 Å². The molecule has 2 fully saturated rings. The fourth-order valence-corrected chi connectivity index (χ4v) is 3.40. The summed E-state index contributed by atoms with van der Waals surface area (Å²) in [6.07, 6.45) is 4.61. The van der Waals surface area contributed by atoms with Crippen molar-refractivity contribution in [3.05, 3.63) is 0 Å². The number of hydrogen-bond acceptors (Lipinski definition) is 3. The molecule has 0 bridgehead atoms. The minimum absolute atomic E-state index is 0.0516. The van der Waals surface area contributed by atoms with Gasteiger partial charge in [0.1, 0.15) is 5.41 Å². The molecule has 0 atom stereocenters. The molecule has 1 saturated carbocycles. The lowest BCUT2D eigenvalue weighted by Crippen LogP contribution is -2.66. The van der Waals surface area contributed by atoms with Crippen LogP contribution in [0.25, 0.3) is 0 Å². The molecular formula is C15H24N2O3. The molecule has 20 heavy (non-hydrogen) atoms. The molecule has 0 spiro atoms. The van der Waals surface area contributed by atoms with Gasteiger partial charge in [-0.3, -0.25) is 19.8 Å². The summed E-state index contributed by atoms with van der Waals surface area (Å²) in [4.78, 5) is 38.3. The molecule has 0 radical (unpaired) electrons. The molecule has 1 aliphatic heterocycles. The molecule has 1 N–H and O–H groups in total. The van der Waals surface area contributed by atoms with E-state index in [1.54, 1.807) is 0 Å². The van der Waals surface area contributed by atoms with E-state index in [9.17, 15) is 14.4 Å². The van der Waals surface area contributed by atoms with Crippen molar-refractivity contribution in [1.29, 1.82) is 0 Å². The van der Waals surface area contributed by atoms with Crippen LogP contribution in [0.15, 0.2) is 0 Å². The van der Waals surface area contributed by atoms with Gasteiger partial charge < -0.3 is 0 Å². The van der Waals surface area contributed by atoms with Crippen LogP contribution in [0.3, 0.4) is 0 Å².